The molecule has 0 radical (unpaired) electrons. The van der Waals surface area contributed by atoms with Gasteiger partial charge in [-0.1, -0.05) is 35.9 Å². The van der Waals surface area contributed by atoms with E-state index in [9.17, 15) is 4.79 Å². The van der Waals surface area contributed by atoms with Crippen molar-refractivity contribution < 1.29 is 9.47 Å². The first kappa shape index (κ1) is 20.7. The largest absolute Gasteiger partial charge is 0.496 e. The standard InChI is InChI=1S/C23H21ClN4O3/c1-15-13-17(16-7-10-18(24)11-8-16)9-12-21(15)31-14-19-20(5-4-6-22(19)30-3)28-23(29)27(2)25-26-28/h4-13H,14H2,1-3H3. The van der Waals surface area contributed by atoms with Crippen LogP contribution in [0.4, 0.5) is 0 Å². The molecular weight excluding hydrogens is 416 g/mol. The van der Waals surface area contributed by atoms with Crippen LogP contribution in [0.25, 0.3) is 16.8 Å². The summed E-state index contributed by atoms with van der Waals surface area (Å²) >= 11 is 5.99. The highest BCUT2D eigenvalue weighted by Crippen LogP contribution is 2.30. The van der Waals surface area contributed by atoms with E-state index in [0.717, 1.165) is 22.4 Å². The topological polar surface area (TPSA) is 71.2 Å². The van der Waals surface area contributed by atoms with Crippen molar-refractivity contribution >= 4 is 11.6 Å². The van der Waals surface area contributed by atoms with Crippen LogP contribution in [0.5, 0.6) is 11.5 Å². The van der Waals surface area contributed by atoms with Gasteiger partial charge >= 0.3 is 5.69 Å². The van der Waals surface area contributed by atoms with Crippen molar-refractivity contribution in [3.63, 3.8) is 0 Å². The Hall–Kier alpha value is -3.58. The van der Waals surface area contributed by atoms with Crippen LogP contribution >= 0.6 is 11.6 Å². The minimum Gasteiger partial charge on any atom is -0.496 e. The lowest BCUT2D eigenvalue weighted by molar-refractivity contribution is 0.294. The maximum absolute atomic E-state index is 12.4. The molecule has 8 heteroatoms. The zero-order chi connectivity index (χ0) is 22.0. The second-order valence-electron chi connectivity index (χ2n) is 7.03. The summed E-state index contributed by atoms with van der Waals surface area (Å²) in [7, 11) is 3.13. The molecule has 4 aromatic rings. The lowest BCUT2D eigenvalue weighted by Crippen LogP contribution is -2.23. The van der Waals surface area contributed by atoms with Gasteiger partial charge in [0.1, 0.15) is 18.1 Å². The van der Waals surface area contributed by atoms with Crippen molar-refractivity contribution in [2.45, 2.75) is 13.5 Å². The predicted molar refractivity (Wildman–Crippen MR) is 119 cm³/mol. The number of methoxy groups -OCH3 is 1. The average molecular weight is 437 g/mol. The maximum Gasteiger partial charge on any atom is 0.368 e. The summed E-state index contributed by atoms with van der Waals surface area (Å²) in [4.78, 5) is 12.4. The quantitative estimate of drug-likeness (QED) is 0.453. The van der Waals surface area contributed by atoms with E-state index in [4.69, 9.17) is 21.1 Å². The second kappa shape index (κ2) is 8.65. The molecule has 1 aromatic heterocycles. The number of nitrogens with zero attached hydrogens (tertiary/aromatic N) is 4. The predicted octanol–water partition coefficient (Wildman–Crippen LogP) is 4.18. The lowest BCUT2D eigenvalue weighted by atomic mass is 10.0. The zero-order valence-electron chi connectivity index (χ0n) is 17.4. The number of benzene rings is 3. The van der Waals surface area contributed by atoms with Crippen molar-refractivity contribution in [2.75, 3.05) is 7.11 Å². The number of rotatable bonds is 6. The molecular formula is C23H21ClN4O3. The monoisotopic (exact) mass is 436 g/mol. The Kier molecular flexibility index (Phi) is 5.77. The Morgan fingerprint density at radius 3 is 2.35 bits per heavy atom. The van der Waals surface area contributed by atoms with Crippen LogP contribution in [0.2, 0.25) is 5.02 Å². The van der Waals surface area contributed by atoms with Gasteiger partial charge < -0.3 is 9.47 Å². The van der Waals surface area contributed by atoms with E-state index >= 15 is 0 Å². The molecule has 0 saturated heterocycles. The summed E-state index contributed by atoms with van der Waals surface area (Å²) in [5.41, 5.74) is 4.05. The third kappa shape index (κ3) is 4.18. The smallest absolute Gasteiger partial charge is 0.368 e. The number of ether oxygens (including phenoxy) is 2. The van der Waals surface area contributed by atoms with E-state index in [1.54, 1.807) is 26.3 Å². The van der Waals surface area contributed by atoms with Crippen LogP contribution in [0.15, 0.2) is 65.5 Å². The molecule has 0 aliphatic rings. The Morgan fingerprint density at radius 1 is 0.968 bits per heavy atom. The maximum atomic E-state index is 12.4. The van der Waals surface area contributed by atoms with Crippen LogP contribution in [-0.2, 0) is 13.7 Å². The third-order valence-corrected chi connectivity index (χ3v) is 5.25. The molecule has 4 rings (SSSR count). The first-order chi connectivity index (χ1) is 15.0. The molecule has 7 nitrogen and oxygen atoms in total. The molecule has 0 bridgehead atoms. The van der Waals surface area contributed by atoms with Gasteiger partial charge in [-0.05, 0) is 70.4 Å². The number of hydrogen-bond acceptors (Lipinski definition) is 5. The second-order valence-corrected chi connectivity index (χ2v) is 7.47. The molecule has 0 aliphatic heterocycles. The van der Waals surface area contributed by atoms with Gasteiger partial charge in [0.25, 0.3) is 0 Å². The summed E-state index contributed by atoms with van der Waals surface area (Å²) in [6.07, 6.45) is 0. The fourth-order valence-electron chi connectivity index (χ4n) is 3.34. The van der Waals surface area contributed by atoms with Gasteiger partial charge in [-0.15, -0.1) is 0 Å². The van der Waals surface area contributed by atoms with Gasteiger partial charge in [0.15, 0.2) is 0 Å². The summed E-state index contributed by atoms with van der Waals surface area (Å²) in [5, 5.41) is 8.44. The molecule has 0 atom stereocenters. The molecule has 1 heterocycles. The molecule has 0 fully saturated rings. The fourth-order valence-corrected chi connectivity index (χ4v) is 3.46. The summed E-state index contributed by atoms with van der Waals surface area (Å²) in [6, 6.07) is 19.1. The average Bonchev–Trinajstić information content (AvgIpc) is 3.11. The first-order valence-electron chi connectivity index (χ1n) is 9.62. The minimum atomic E-state index is -0.349. The number of hydrogen-bond donors (Lipinski definition) is 0. The molecule has 0 spiro atoms. The van der Waals surface area contributed by atoms with Crippen molar-refractivity contribution in [3.8, 4) is 28.3 Å². The van der Waals surface area contributed by atoms with E-state index in [0.29, 0.717) is 22.0 Å². The summed E-state index contributed by atoms with van der Waals surface area (Å²) in [6.45, 7) is 2.19. The Morgan fingerprint density at radius 2 is 1.71 bits per heavy atom. The highest BCUT2D eigenvalue weighted by atomic mass is 35.5. The van der Waals surface area contributed by atoms with Gasteiger partial charge in [-0.3, -0.25) is 0 Å². The molecule has 0 aliphatic carbocycles. The van der Waals surface area contributed by atoms with Crippen LogP contribution in [0.3, 0.4) is 0 Å². The highest BCUT2D eigenvalue weighted by Gasteiger charge is 2.16. The first-order valence-corrected chi connectivity index (χ1v) is 10.0. The normalized spacial score (nSPS) is 10.8. The van der Waals surface area contributed by atoms with Gasteiger partial charge in [0.05, 0.1) is 18.4 Å². The highest BCUT2D eigenvalue weighted by molar-refractivity contribution is 6.30. The summed E-state index contributed by atoms with van der Waals surface area (Å²) in [5.74, 6) is 1.34. The number of aromatic nitrogens is 4. The number of halogens is 1. The van der Waals surface area contributed by atoms with Crippen molar-refractivity contribution in [3.05, 3.63) is 87.3 Å². The van der Waals surface area contributed by atoms with Gasteiger partial charge in [-0.2, -0.15) is 9.36 Å². The number of aryl methyl sites for hydroxylation is 2. The van der Waals surface area contributed by atoms with Crippen molar-refractivity contribution in [2.24, 2.45) is 7.05 Å². The van der Waals surface area contributed by atoms with E-state index in [1.165, 1.54) is 9.36 Å². The van der Waals surface area contributed by atoms with Crippen molar-refractivity contribution in [1.29, 1.82) is 0 Å². The van der Waals surface area contributed by atoms with Gasteiger partial charge in [0, 0.05) is 12.1 Å². The third-order valence-electron chi connectivity index (χ3n) is 5.00. The van der Waals surface area contributed by atoms with E-state index < -0.39 is 0 Å². The van der Waals surface area contributed by atoms with Crippen LogP contribution < -0.4 is 15.2 Å². The molecule has 0 saturated carbocycles. The molecule has 0 N–H and O–H groups in total. The zero-order valence-corrected chi connectivity index (χ0v) is 18.1. The van der Waals surface area contributed by atoms with Crippen LogP contribution in [0.1, 0.15) is 11.1 Å². The van der Waals surface area contributed by atoms with E-state index in [2.05, 4.69) is 16.5 Å². The molecule has 0 unspecified atom stereocenters. The summed E-state index contributed by atoms with van der Waals surface area (Å²) < 4.78 is 14.0. The minimum absolute atomic E-state index is 0.198. The van der Waals surface area contributed by atoms with E-state index in [1.807, 2.05) is 49.4 Å². The Balaban J connectivity index is 1.63. The number of tetrazole rings is 1. The SMILES string of the molecule is COc1cccc(-n2nnn(C)c2=O)c1COc1ccc(-c2ccc(Cl)cc2)cc1C. The fraction of sp³-hybridized carbons (Fsp3) is 0.174. The van der Waals surface area contributed by atoms with Crippen molar-refractivity contribution in [1.82, 2.24) is 19.8 Å². The van der Waals surface area contributed by atoms with E-state index in [-0.39, 0.29) is 12.3 Å². The molecule has 0 amide bonds. The van der Waals surface area contributed by atoms with Crippen LogP contribution in [-0.4, -0.2) is 26.9 Å². The Bertz CT molecular complexity index is 1280. The molecule has 158 valence electrons. The van der Waals surface area contributed by atoms with Gasteiger partial charge in [0.2, 0.25) is 0 Å². The molecule has 3 aromatic carbocycles. The lowest BCUT2D eigenvalue weighted by Gasteiger charge is -2.15. The van der Waals surface area contributed by atoms with Gasteiger partial charge in [-0.25, -0.2) is 4.79 Å². The van der Waals surface area contributed by atoms with Crippen LogP contribution in [0, 0.1) is 6.92 Å². The Labute approximate surface area is 184 Å². The molecule has 31 heavy (non-hydrogen) atoms.